The number of benzene rings is 6. The second-order valence-corrected chi connectivity index (χ2v) is 22.8. The minimum Gasteiger partial charge on any atom is -0.457 e. The summed E-state index contributed by atoms with van der Waals surface area (Å²) in [7, 11) is 0. The van der Waals surface area contributed by atoms with E-state index in [1.54, 1.807) is 0 Å². The van der Waals surface area contributed by atoms with Gasteiger partial charge in [0.2, 0.25) is 0 Å². The summed E-state index contributed by atoms with van der Waals surface area (Å²) >= 11 is 0. The van der Waals surface area contributed by atoms with Gasteiger partial charge >= 0.3 is 0 Å². The quantitative estimate of drug-likeness (QED) is 0.145. The first-order valence-corrected chi connectivity index (χ1v) is 24.0. The van der Waals surface area contributed by atoms with Crippen LogP contribution in [0.4, 0.5) is 11.4 Å². The van der Waals surface area contributed by atoms with E-state index in [4.69, 9.17) is 9.72 Å². The van der Waals surface area contributed by atoms with Crippen LogP contribution in [0.25, 0.3) is 27.6 Å². The standard InChI is InChI=1S/C62H68N4O/c1-58(2,3)44-25-20-26-48(33-44)64-40-56(62(12,13)43-23-18-15-19-24-43)65(41-64)49-34-47(60(7,8)9)35-51(38-49)67-50-28-29-52-53-36-45(59(4,5)6)27-30-54(53)66(55(52)39-50)57-37-46(31-32-63-57)61(10,11)42-21-16-14-17-22-42/h14-40H,41H2,1-13H3. The minimum atomic E-state index is -0.302. The number of rotatable bonds is 9. The maximum absolute atomic E-state index is 7.10. The fourth-order valence-electron chi connectivity index (χ4n) is 9.61. The molecule has 2 aromatic heterocycles. The molecule has 8 aromatic rings. The number of nitrogens with zero attached hydrogens (tertiary/aromatic N) is 4. The Bertz CT molecular complexity index is 3130. The van der Waals surface area contributed by atoms with Crippen molar-refractivity contribution in [1.82, 2.24) is 9.55 Å². The van der Waals surface area contributed by atoms with E-state index in [1.165, 1.54) is 50.2 Å². The molecule has 9 rings (SSSR count). The SMILES string of the molecule is CC(C)(C)c1cccc(N2C=C(C(C)(C)c3ccccc3)N(c3cc(Oc4ccc5c6cc(C(C)(C)C)ccc6n(-c6cc(C(C)(C)c7ccccc7)ccn6)c5c4)cc(C(C)(C)C)c3)C2)c1. The topological polar surface area (TPSA) is 33.5 Å². The van der Waals surface area contributed by atoms with Gasteiger partial charge in [-0.15, -0.1) is 0 Å². The van der Waals surface area contributed by atoms with Crippen molar-refractivity contribution in [2.45, 2.75) is 117 Å². The van der Waals surface area contributed by atoms with E-state index in [-0.39, 0.29) is 27.1 Å². The van der Waals surface area contributed by atoms with Crippen LogP contribution in [0, 0.1) is 0 Å². The predicted molar refractivity (Wildman–Crippen MR) is 284 cm³/mol. The van der Waals surface area contributed by atoms with E-state index in [0.29, 0.717) is 6.67 Å². The Labute approximate surface area is 399 Å². The normalized spacial score (nSPS) is 14.0. The Hall–Kier alpha value is -6.59. The van der Waals surface area contributed by atoms with E-state index >= 15 is 0 Å². The van der Waals surface area contributed by atoms with Gasteiger partial charge in [0.15, 0.2) is 0 Å². The zero-order valence-corrected chi connectivity index (χ0v) is 42.0. The summed E-state index contributed by atoms with van der Waals surface area (Å²) in [6, 6.07) is 55.4. The number of allylic oxidation sites excluding steroid dienone is 1. The van der Waals surface area contributed by atoms with Gasteiger partial charge in [-0.05, 0) is 110 Å². The fraction of sp³-hybridized carbons (Fsp3) is 0.306. The summed E-state index contributed by atoms with van der Waals surface area (Å²) in [4.78, 5) is 9.96. The smallest absolute Gasteiger partial charge is 0.137 e. The molecule has 0 saturated heterocycles. The molecular weight excluding hydrogens is 817 g/mol. The van der Waals surface area contributed by atoms with Crippen LogP contribution in [0.1, 0.15) is 123 Å². The maximum Gasteiger partial charge on any atom is 0.137 e. The Morgan fingerprint density at radius 1 is 0.433 bits per heavy atom. The van der Waals surface area contributed by atoms with Gasteiger partial charge in [0.25, 0.3) is 0 Å². The van der Waals surface area contributed by atoms with Gasteiger partial charge in [0.05, 0.1) is 17.7 Å². The van der Waals surface area contributed by atoms with Crippen molar-refractivity contribution >= 4 is 33.2 Å². The molecular formula is C62H68N4O. The first kappa shape index (κ1) is 45.6. The molecule has 67 heavy (non-hydrogen) atoms. The van der Waals surface area contributed by atoms with Crippen molar-refractivity contribution < 1.29 is 4.74 Å². The van der Waals surface area contributed by atoms with Crippen molar-refractivity contribution in [3.63, 3.8) is 0 Å². The highest BCUT2D eigenvalue weighted by Gasteiger charge is 2.37. The van der Waals surface area contributed by atoms with Gasteiger partial charge in [-0.2, -0.15) is 0 Å². The fourth-order valence-corrected chi connectivity index (χ4v) is 9.61. The van der Waals surface area contributed by atoms with Gasteiger partial charge in [0, 0.05) is 63.2 Å². The molecule has 0 saturated carbocycles. The number of hydrogen-bond acceptors (Lipinski definition) is 4. The molecule has 342 valence electrons. The third-order valence-electron chi connectivity index (χ3n) is 14.1. The highest BCUT2D eigenvalue weighted by atomic mass is 16.5. The van der Waals surface area contributed by atoms with Crippen molar-refractivity contribution in [3.8, 4) is 17.3 Å². The van der Waals surface area contributed by atoms with Gasteiger partial charge < -0.3 is 14.5 Å². The molecule has 0 aliphatic carbocycles. The van der Waals surface area contributed by atoms with Crippen LogP contribution in [0.3, 0.4) is 0 Å². The number of anilines is 2. The number of fused-ring (bicyclic) bond motifs is 3. The zero-order chi connectivity index (χ0) is 47.7. The van der Waals surface area contributed by atoms with Gasteiger partial charge in [-0.1, -0.05) is 169 Å². The average molecular weight is 885 g/mol. The molecule has 0 atom stereocenters. The Morgan fingerprint density at radius 2 is 1.04 bits per heavy atom. The molecule has 5 nitrogen and oxygen atoms in total. The zero-order valence-electron chi connectivity index (χ0n) is 42.0. The highest BCUT2D eigenvalue weighted by molar-refractivity contribution is 6.09. The Kier molecular flexibility index (Phi) is 11.3. The molecule has 0 N–H and O–H groups in total. The summed E-state index contributed by atoms with van der Waals surface area (Å²) in [6.45, 7) is 30.5. The minimum absolute atomic E-state index is 0.00643. The molecule has 1 aliphatic rings. The van der Waals surface area contributed by atoms with E-state index in [1.807, 2.05) is 6.20 Å². The number of pyridine rings is 1. The third-order valence-corrected chi connectivity index (χ3v) is 14.1. The number of ether oxygens (including phenoxy) is 1. The lowest BCUT2D eigenvalue weighted by Crippen LogP contribution is -2.34. The van der Waals surface area contributed by atoms with Crippen LogP contribution in [-0.2, 0) is 27.1 Å². The van der Waals surface area contributed by atoms with E-state index < -0.39 is 0 Å². The lowest BCUT2D eigenvalue weighted by molar-refractivity contribution is 0.479. The van der Waals surface area contributed by atoms with Gasteiger partial charge in [-0.3, -0.25) is 4.57 Å². The van der Waals surface area contributed by atoms with Crippen LogP contribution in [0.5, 0.6) is 11.5 Å². The van der Waals surface area contributed by atoms with Crippen LogP contribution in [0.2, 0.25) is 0 Å². The largest absolute Gasteiger partial charge is 0.457 e. The number of aromatic nitrogens is 2. The summed E-state index contributed by atoms with van der Waals surface area (Å²) in [5, 5.41) is 2.37. The first-order chi connectivity index (χ1) is 31.6. The molecule has 0 spiro atoms. The van der Waals surface area contributed by atoms with Gasteiger partial charge in [0.1, 0.15) is 17.3 Å². The molecule has 1 aliphatic heterocycles. The second-order valence-electron chi connectivity index (χ2n) is 22.8. The van der Waals surface area contributed by atoms with Gasteiger partial charge in [-0.25, -0.2) is 4.98 Å². The highest BCUT2D eigenvalue weighted by Crippen LogP contribution is 2.45. The van der Waals surface area contributed by atoms with Crippen molar-refractivity contribution in [3.05, 3.63) is 203 Å². The third kappa shape index (κ3) is 8.77. The summed E-state index contributed by atoms with van der Waals surface area (Å²) in [5.41, 5.74) is 12.6. The Balaban J connectivity index is 1.17. The van der Waals surface area contributed by atoms with E-state index in [9.17, 15) is 0 Å². The van der Waals surface area contributed by atoms with E-state index in [2.05, 4.69) is 262 Å². The summed E-state index contributed by atoms with van der Waals surface area (Å²) < 4.78 is 9.42. The first-order valence-electron chi connectivity index (χ1n) is 24.0. The molecule has 0 bridgehead atoms. The lowest BCUT2D eigenvalue weighted by Gasteiger charge is -2.35. The predicted octanol–water partition coefficient (Wildman–Crippen LogP) is 16.3. The molecule has 6 aromatic carbocycles. The van der Waals surface area contributed by atoms with E-state index in [0.717, 1.165) is 39.4 Å². The van der Waals surface area contributed by atoms with Crippen molar-refractivity contribution in [2.75, 3.05) is 16.5 Å². The van der Waals surface area contributed by atoms with Crippen LogP contribution in [-0.4, -0.2) is 16.2 Å². The Morgan fingerprint density at radius 3 is 1.70 bits per heavy atom. The summed E-state index contributed by atoms with van der Waals surface area (Å²) in [5.74, 6) is 2.45. The second kappa shape index (κ2) is 16.6. The molecule has 0 radical (unpaired) electrons. The van der Waals surface area contributed by atoms with Crippen molar-refractivity contribution in [2.24, 2.45) is 0 Å². The summed E-state index contributed by atoms with van der Waals surface area (Å²) in [6.07, 6.45) is 4.32. The van der Waals surface area contributed by atoms with Crippen LogP contribution >= 0.6 is 0 Å². The molecule has 0 unspecified atom stereocenters. The maximum atomic E-state index is 7.10. The van der Waals surface area contributed by atoms with Crippen LogP contribution < -0.4 is 14.5 Å². The average Bonchev–Trinajstić information content (AvgIpc) is 3.89. The molecule has 5 heteroatoms. The molecule has 0 amide bonds. The lowest BCUT2D eigenvalue weighted by atomic mass is 9.78. The van der Waals surface area contributed by atoms with Crippen molar-refractivity contribution in [1.29, 1.82) is 0 Å². The number of hydrogen-bond donors (Lipinski definition) is 0. The molecule has 3 heterocycles. The van der Waals surface area contributed by atoms with Crippen LogP contribution in [0.15, 0.2) is 170 Å². The monoisotopic (exact) mass is 885 g/mol. The molecule has 0 fully saturated rings.